The van der Waals surface area contributed by atoms with Gasteiger partial charge in [0.1, 0.15) is 11.9 Å². The van der Waals surface area contributed by atoms with Gasteiger partial charge in [-0.25, -0.2) is 0 Å². The van der Waals surface area contributed by atoms with E-state index in [9.17, 15) is 0 Å². The summed E-state index contributed by atoms with van der Waals surface area (Å²) in [4.78, 5) is 0. The van der Waals surface area contributed by atoms with Crippen molar-refractivity contribution >= 4 is 25.3 Å². The van der Waals surface area contributed by atoms with Crippen LogP contribution < -0.4 is 9.47 Å². The average Bonchev–Trinajstić information content (AvgIpc) is 2.44. The lowest BCUT2D eigenvalue weighted by molar-refractivity contribution is 0.336. The molecule has 0 amide bonds. The molecule has 0 fully saturated rings. The molecule has 0 aliphatic heterocycles. The van der Waals surface area contributed by atoms with Crippen LogP contribution in [0.15, 0.2) is 60.7 Å². The van der Waals surface area contributed by atoms with Gasteiger partial charge >= 0.3 is 0 Å². The minimum absolute atomic E-state index is 0.340. The number of hydrogen-bond acceptors (Lipinski definition) is 4. The van der Waals surface area contributed by atoms with Crippen LogP contribution in [0.2, 0.25) is 0 Å². The Bertz CT molecular complexity index is 369. The van der Waals surface area contributed by atoms with E-state index in [1.54, 1.807) is 0 Å². The zero-order chi connectivity index (χ0) is 13.1. The molecule has 0 aliphatic carbocycles. The summed E-state index contributed by atoms with van der Waals surface area (Å²) in [5.74, 6) is 2.07. The quantitative estimate of drug-likeness (QED) is 0.653. The van der Waals surface area contributed by atoms with Crippen molar-refractivity contribution in [2.45, 2.75) is 0 Å². The summed E-state index contributed by atoms with van der Waals surface area (Å²) >= 11 is 7.90. The van der Waals surface area contributed by atoms with Gasteiger partial charge in [0, 0.05) is 0 Å². The molecule has 2 rings (SSSR count). The lowest BCUT2D eigenvalue weighted by Gasteiger charge is -2.08. The molecule has 0 N–H and O–H groups in total. The minimum atomic E-state index is 0.340. The summed E-state index contributed by atoms with van der Waals surface area (Å²) in [6.07, 6.45) is 0. The molecule has 18 heavy (non-hydrogen) atoms. The van der Waals surface area contributed by atoms with Crippen molar-refractivity contribution in [1.29, 1.82) is 0 Å². The molecule has 0 atom stereocenters. The molecule has 0 unspecified atom stereocenters. The van der Waals surface area contributed by atoms with E-state index >= 15 is 0 Å². The lowest BCUT2D eigenvalue weighted by atomic mass is 10.3. The molecule has 0 saturated heterocycles. The van der Waals surface area contributed by atoms with Gasteiger partial charge in [0.25, 0.3) is 0 Å². The predicted molar refractivity (Wildman–Crippen MR) is 81.8 cm³/mol. The van der Waals surface area contributed by atoms with Crippen LogP contribution in [0.3, 0.4) is 0 Å². The van der Waals surface area contributed by atoms with Crippen molar-refractivity contribution in [3.63, 3.8) is 0 Å². The summed E-state index contributed by atoms with van der Waals surface area (Å²) in [7, 11) is 0. The first-order valence-corrected chi connectivity index (χ1v) is 6.71. The fraction of sp³-hybridized carbons (Fsp3) is 0.143. The maximum Gasteiger partial charge on any atom is 0.162 e. The SMILES string of the molecule is SCOc1ccccc1OCS.c1ccccc1. The Hall–Kier alpha value is -1.26. The van der Waals surface area contributed by atoms with Crippen LogP contribution in [0.25, 0.3) is 0 Å². The van der Waals surface area contributed by atoms with Crippen molar-refractivity contribution in [3.8, 4) is 11.5 Å². The van der Waals surface area contributed by atoms with E-state index in [-0.39, 0.29) is 0 Å². The third kappa shape index (κ3) is 5.89. The van der Waals surface area contributed by atoms with Crippen LogP contribution in [-0.4, -0.2) is 11.9 Å². The molecule has 2 aromatic carbocycles. The Morgan fingerprint density at radius 3 is 1.22 bits per heavy atom. The minimum Gasteiger partial charge on any atom is -0.479 e. The summed E-state index contributed by atoms with van der Waals surface area (Å²) in [5.41, 5.74) is 0. The van der Waals surface area contributed by atoms with E-state index in [2.05, 4.69) is 25.3 Å². The molecule has 0 bridgehead atoms. The standard InChI is InChI=1S/C8H10O2S2.C6H6/c11-5-9-7-3-1-2-4-8(7)10-6-12;1-2-4-6-5-3-1/h1-4,11-12H,5-6H2;1-6H. The van der Waals surface area contributed by atoms with Gasteiger partial charge < -0.3 is 9.47 Å². The van der Waals surface area contributed by atoms with Crippen LogP contribution in [0.4, 0.5) is 0 Å². The van der Waals surface area contributed by atoms with Gasteiger partial charge in [0.2, 0.25) is 0 Å². The van der Waals surface area contributed by atoms with Gasteiger partial charge in [-0.15, -0.1) is 25.3 Å². The fourth-order valence-corrected chi connectivity index (χ4v) is 1.49. The van der Waals surface area contributed by atoms with Gasteiger partial charge in [-0.3, -0.25) is 0 Å². The molecule has 2 nitrogen and oxygen atoms in total. The normalized spacial score (nSPS) is 9.00. The highest BCUT2D eigenvalue weighted by molar-refractivity contribution is 7.80. The molecule has 0 aromatic heterocycles. The Balaban J connectivity index is 0.000000225. The number of rotatable bonds is 4. The van der Waals surface area contributed by atoms with Crippen molar-refractivity contribution in [2.75, 3.05) is 11.9 Å². The number of hydrogen-bond donors (Lipinski definition) is 2. The monoisotopic (exact) mass is 280 g/mol. The Kier molecular flexibility index (Phi) is 8.01. The smallest absolute Gasteiger partial charge is 0.162 e. The van der Waals surface area contributed by atoms with Gasteiger partial charge in [-0.05, 0) is 12.1 Å². The second-order valence-electron chi connectivity index (χ2n) is 3.15. The van der Waals surface area contributed by atoms with Gasteiger partial charge in [0.15, 0.2) is 11.5 Å². The lowest BCUT2D eigenvalue weighted by Crippen LogP contribution is -1.95. The van der Waals surface area contributed by atoms with Crippen molar-refractivity contribution in [3.05, 3.63) is 60.7 Å². The van der Waals surface area contributed by atoms with E-state index in [1.807, 2.05) is 60.7 Å². The number of benzene rings is 2. The fourth-order valence-electron chi connectivity index (χ4n) is 1.21. The second kappa shape index (κ2) is 9.74. The molecule has 2 aromatic rings. The number of para-hydroxylation sites is 2. The maximum absolute atomic E-state index is 5.19. The van der Waals surface area contributed by atoms with Crippen molar-refractivity contribution in [1.82, 2.24) is 0 Å². The van der Waals surface area contributed by atoms with Crippen LogP contribution in [0.1, 0.15) is 0 Å². The zero-order valence-electron chi connectivity index (χ0n) is 9.90. The average molecular weight is 280 g/mol. The van der Waals surface area contributed by atoms with Gasteiger partial charge in [-0.1, -0.05) is 48.5 Å². The highest BCUT2D eigenvalue weighted by Crippen LogP contribution is 2.26. The molecule has 4 heteroatoms. The van der Waals surface area contributed by atoms with E-state index < -0.39 is 0 Å². The van der Waals surface area contributed by atoms with Crippen molar-refractivity contribution < 1.29 is 9.47 Å². The second-order valence-corrected chi connectivity index (χ2v) is 3.66. The summed E-state index contributed by atoms with van der Waals surface area (Å²) in [6, 6.07) is 19.4. The van der Waals surface area contributed by atoms with Crippen LogP contribution >= 0.6 is 25.3 Å². The molecule has 0 radical (unpaired) electrons. The number of thiol groups is 2. The molecule has 96 valence electrons. The van der Waals surface area contributed by atoms with Crippen LogP contribution in [0, 0.1) is 0 Å². The molecular formula is C14H16O2S2. The Morgan fingerprint density at radius 2 is 0.944 bits per heavy atom. The topological polar surface area (TPSA) is 18.5 Å². The third-order valence-electron chi connectivity index (χ3n) is 1.96. The highest BCUT2D eigenvalue weighted by atomic mass is 32.1. The molecule has 0 spiro atoms. The van der Waals surface area contributed by atoms with Gasteiger partial charge in [0.05, 0.1) is 0 Å². The van der Waals surface area contributed by atoms with Gasteiger partial charge in [-0.2, -0.15) is 0 Å². The molecule has 0 saturated carbocycles. The summed E-state index contributed by atoms with van der Waals surface area (Å²) < 4.78 is 10.4. The Labute approximate surface area is 119 Å². The van der Waals surface area contributed by atoms with E-state index in [4.69, 9.17) is 9.47 Å². The van der Waals surface area contributed by atoms with Crippen LogP contribution in [0.5, 0.6) is 11.5 Å². The van der Waals surface area contributed by atoms with E-state index in [0.717, 1.165) is 0 Å². The predicted octanol–water partition coefficient (Wildman–Crippen LogP) is 3.91. The number of ether oxygens (including phenoxy) is 2. The Morgan fingerprint density at radius 1 is 0.611 bits per heavy atom. The first kappa shape index (κ1) is 14.8. The third-order valence-corrected chi connectivity index (χ3v) is 2.21. The van der Waals surface area contributed by atoms with Crippen LogP contribution in [-0.2, 0) is 0 Å². The molecule has 0 aliphatic rings. The first-order valence-electron chi connectivity index (χ1n) is 5.45. The largest absolute Gasteiger partial charge is 0.479 e. The summed E-state index contributed by atoms with van der Waals surface area (Å²) in [5, 5.41) is 0. The summed E-state index contributed by atoms with van der Waals surface area (Å²) in [6.45, 7) is 0. The van der Waals surface area contributed by atoms with E-state index in [1.165, 1.54) is 0 Å². The van der Waals surface area contributed by atoms with E-state index in [0.29, 0.717) is 23.4 Å². The highest BCUT2D eigenvalue weighted by Gasteiger charge is 2.00. The maximum atomic E-state index is 5.19. The zero-order valence-corrected chi connectivity index (χ0v) is 11.7. The molecule has 0 heterocycles. The van der Waals surface area contributed by atoms with Crippen molar-refractivity contribution in [2.24, 2.45) is 0 Å². The first-order chi connectivity index (χ1) is 8.88. The molecular weight excluding hydrogens is 264 g/mol.